The molecule has 0 saturated carbocycles. The molecule has 0 aliphatic carbocycles. The number of carbonyl (C=O) groups excluding carboxylic acids is 1. The predicted octanol–water partition coefficient (Wildman–Crippen LogP) is 5.85. The average Bonchev–Trinajstić information content (AvgIpc) is 3.25. The van der Waals surface area contributed by atoms with Crippen molar-refractivity contribution in [3.8, 4) is 0 Å². The van der Waals surface area contributed by atoms with E-state index < -0.39 is 29.2 Å². The molecule has 1 atom stereocenters. The number of rotatable bonds is 4. The van der Waals surface area contributed by atoms with Crippen LogP contribution in [0.1, 0.15) is 54.3 Å². The number of hydrogen-bond donors (Lipinski definition) is 2. The zero-order valence-corrected chi connectivity index (χ0v) is 19.0. The van der Waals surface area contributed by atoms with Gasteiger partial charge in [0, 0.05) is 29.1 Å². The first kappa shape index (κ1) is 23.6. The molecule has 1 aliphatic heterocycles. The minimum atomic E-state index is -4.59. The summed E-state index contributed by atoms with van der Waals surface area (Å²) in [5, 5.41) is 19.6. The Kier molecular flexibility index (Phi) is 6.18. The van der Waals surface area contributed by atoms with Gasteiger partial charge in [-0.15, -0.1) is 0 Å². The number of aromatic amines is 1. The minimum Gasteiger partial charge on any atom is -0.388 e. The van der Waals surface area contributed by atoms with Crippen LogP contribution in [0.3, 0.4) is 0 Å². The van der Waals surface area contributed by atoms with Gasteiger partial charge in [0.1, 0.15) is 0 Å². The van der Waals surface area contributed by atoms with Crippen molar-refractivity contribution in [2.75, 3.05) is 13.1 Å². The molecule has 0 spiro atoms. The molecular weight excluding hydrogens is 455 g/mol. The van der Waals surface area contributed by atoms with Gasteiger partial charge in [0.15, 0.2) is 0 Å². The van der Waals surface area contributed by atoms with Gasteiger partial charge in [0.05, 0.1) is 28.9 Å². The Bertz CT molecular complexity index is 1170. The topological polar surface area (TPSA) is 69.2 Å². The van der Waals surface area contributed by atoms with E-state index in [2.05, 4.69) is 10.2 Å². The van der Waals surface area contributed by atoms with E-state index in [-0.39, 0.29) is 11.5 Å². The van der Waals surface area contributed by atoms with Gasteiger partial charge in [-0.05, 0) is 48.4 Å². The molecule has 176 valence electrons. The van der Waals surface area contributed by atoms with Crippen LogP contribution in [0.25, 0.3) is 10.9 Å². The van der Waals surface area contributed by atoms with Crippen LogP contribution in [0.15, 0.2) is 42.6 Å². The molecule has 5 nitrogen and oxygen atoms in total. The number of H-pyrrole nitrogens is 1. The molecule has 33 heavy (non-hydrogen) atoms. The number of piperidine rings is 1. The second-order valence-electron chi connectivity index (χ2n) is 9.16. The summed E-state index contributed by atoms with van der Waals surface area (Å²) >= 11 is 6.24. The van der Waals surface area contributed by atoms with Crippen molar-refractivity contribution < 1.29 is 23.1 Å². The van der Waals surface area contributed by atoms with Crippen LogP contribution in [-0.2, 0) is 6.18 Å². The summed E-state index contributed by atoms with van der Waals surface area (Å²) < 4.78 is 40.0. The van der Waals surface area contributed by atoms with Crippen molar-refractivity contribution >= 4 is 28.4 Å². The number of nitrogens with zero attached hydrogens (tertiary/aromatic N) is 2. The largest absolute Gasteiger partial charge is 0.417 e. The van der Waals surface area contributed by atoms with Gasteiger partial charge in [0.2, 0.25) is 0 Å². The number of fused-ring (bicyclic) bond motifs is 1. The highest BCUT2D eigenvalue weighted by Gasteiger charge is 2.41. The second-order valence-corrected chi connectivity index (χ2v) is 9.60. The molecule has 1 unspecified atom stereocenters. The Morgan fingerprint density at radius 3 is 2.55 bits per heavy atom. The number of hydrogen-bond acceptors (Lipinski definition) is 3. The highest BCUT2D eigenvalue weighted by Crippen LogP contribution is 2.46. The predicted molar refractivity (Wildman–Crippen MR) is 120 cm³/mol. The fourth-order valence-electron chi connectivity index (χ4n) is 4.80. The van der Waals surface area contributed by atoms with Crippen LogP contribution in [0, 0.1) is 11.3 Å². The highest BCUT2D eigenvalue weighted by molar-refractivity contribution is 6.31. The normalized spacial score (nSPS) is 16.9. The van der Waals surface area contributed by atoms with Gasteiger partial charge in [-0.3, -0.25) is 9.89 Å². The lowest BCUT2D eigenvalue weighted by molar-refractivity contribution is -0.138. The van der Waals surface area contributed by atoms with E-state index in [0.29, 0.717) is 36.5 Å². The minimum absolute atomic E-state index is 0.0476. The number of nitrogens with one attached hydrogen (secondary N) is 1. The summed E-state index contributed by atoms with van der Waals surface area (Å²) in [7, 11) is 0. The second kappa shape index (κ2) is 8.65. The van der Waals surface area contributed by atoms with Crippen LogP contribution < -0.4 is 0 Å². The maximum atomic E-state index is 13.3. The summed E-state index contributed by atoms with van der Waals surface area (Å²) in [4.78, 5) is 14.4. The van der Waals surface area contributed by atoms with E-state index >= 15 is 0 Å². The zero-order valence-electron chi connectivity index (χ0n) is 18.3. The summed E-state index contributed by atoms with van der Waals surface area (Å²) in [6.07, 6.45) is -2.66. The number of carbonyl (C=O) groups is 1. The first-order valence-corrected chi connectivity index (χ1v) is 11.1. The van der Waals surface area contributed by atoms with Gasteiger partial charge in [-0.1, -0.05) is 37.6 Å². The molecule has 1 saturated heterocycles. The molecule has 1 amide bonds. The lowest BCUT2D eigenvalue weighted by atomic mass is 9.68. The molecule has 3 aromatic rings. The van der Waals surface area contributed by atoms with E-state index in [9.17, 15) is 23.1 Å². The van der Waals surface area contributed by atoms with Crippen LogP contribution in [0.5, 0.6) is 0 Å². The van der Waals surface area contributed by atoms with E-state index in [1.165, 1.54) is 23.1 Å². The van der Waals surface area contributed by atoms with Gasteiger partial charge < -0.3 is 10.0 Å². The van der Waals surface area contributed by atoms with Crippen LogP contribution >= 0.6 is 11.6 Å². The molecule has 2 N–H and O–H groups in total. The van der Waals surface area contributed by atoms with Gasteiger partial charge in [0.25, 0.3) is 5.91 Å². The van der Waals surface area contributed by atoms with Crippen LogP contribution in [-0.4, -0.2) is 39.2 Å². The number of aliphatic hydroxyl groups excluding tert-OH is 1. The lowest BCUT2D eigenvalue weighted by Crippen LogP contribution is -2.44. The molecule has 1 aliphatic rings. The molecule has 2 aromatic carbocycles. The van der Waals surface area contributed by atoms with Crippen molar-refractivity contribution in [1.82, 2.24) is 15.1 Å². The quantitative estimate of drug-likeness (QED) is 0.493. The van der Waals surface area contributed by atoms with E-state index in [1.54, 1.807) is 18.3 Å². The number of likely N-dealkylation sites (tertiary alicyclic amines) is 1. The number of amides is 1. The maximum Gasteiger partial charge on any atom is 0.417 e. The van der Waals surface area contributed by atoms with Gasteiger partial charge in [-0.2, -0.15) is 18.3 Å². The zero-order chi connectivity index (χ0) is 24.0. The van der Waals surface area contributed by atoms with Crippen molar-refractivity contribution in [2.45, 2.75) is 39.0 Å². The van der Waals surface area contributed by atoms with Crippen molar-refractivity contribution in [1.29, 1.82) is 0 Å². The first-order valence-electron chi connectivity index (χ1n) is 10.8. The Morgan fingerprint density at radius 1 is 1.21 bits per heavy atom. The monoisotopic (exact) mass is 479 g/mol. The number of aliphatic hydroxyl groups is 1. The number of aromatic nitrogens is 2. The molecule has 1 aromatic heterocycles. The third-order valence-electron chi connectivity index (χ3n) is 6.84. The molecule has 1 fully saturated rings. The Balaban J connectivity index is 1.50. The fraction of sp³-hybridized carbons (Fsp3) is 0.417. The average molecular weight is 480 g/mol. The maximum absolute atomic E-state index is 13.3. The van der Waals surface area contributed by atoms with Crippen LogP contribution in [0.2, 0.25) is 5.02 Å². The standard InChI is InChI=1S/C24H25ClF3N3O2/c1-23(2,21(32)18-12-16(25)11-14-13-29-30-20(14)18)15-7-9-31(10-8-15)22(33)17-5-3-4-6-19(17)24(26,27)28/h3-6,11-13,15,21,32H,7-10H2,1-2H3,(H,29,30). The summed E-state index contributed by atoms with van der Waals surface area (Å²) in [5.41, 5.74) is -0.448. The molecular formula is C24H25ClF3N3O2. The smallest absolute Gasteiger partial charge is 0.388 e. The molecule has 4 rings (SSSR count). The van der Waals surface area contributed by atoms with Crippen molar-refractivity contribution in [2.24, 2.45) is 11.3 Å². The summed E-state index contributed by atoms with van der Waals surface area (Å²) in [6, 6.07) is 8.37. The third-order valence-corrected chi connectivity index (χ3v) is 7.06. The van der Waals surface area contributed by atoms with Crippen LogP contribution in [0.4, 0.5) is 13.2 Å². The first-order chi connectivity index (χ1) is 15.5. The third kappa shape index (κ3) is 4.46. The fourth-order valence-corrected chi connectivity index (χ4v) is 5.04. The summed E-state index contributed by atoms with van der Waals surface area (Å²) in [5.74, 6) is -0.569. The van der Waals surface area contributed by atoms with E-state index in [1.807, 2.05) is 13.8 Å². The number of alkyl halides is 3. The Hall–Kier alpha value is -2.58. The molecule has 0 radical (unpaired) electrons. The van der Waals surface area contributed by atoms with E-state index in [0.717, 1.165) is 17.0 Å². The van der Waals surface area contributed by atoms with Gasteiger partial charge in [-0.25, -0.2) is 0 Å². The Labute approximate surface area is 194 Å². The highest BCUT2D eigenvalue weighted by atomic mass is 35.5. The molecule has 2 heterocycles. The van der Waals surface area contributed by atoms with Gasteiger partial charge >= 0.3 is 6.18 Å². The molecule has 9 heteroatoms. The lowest BCUT2D eigenvalue weighted by Gasteiger charge is -2.43. The Morgan fingerprint density at radius 2 is 1.88 bits per heavy atom. The SMILES string of the molecule is CC(C)(C1CCN(C(=O)c2ccccc2C(F)(F)F)CC1)C(O)c1cc(Cl)cc2cn[nH]c12. The summed E-state index contributed by atoms with van der Waals surface area (Å²) in [6.45, 7) is 4.56. The van der Waals surface area contributed by atoms with Crippen molar-refractivity contribution in [3.63, 3.8) is 0 Å². The van der Waals surface area contributed by atoms with E-state index in [4.69, 9.17) is 11.6 Å². The molecule has 0 bridgehead atoms. The van der Waals surface area contributed by atoms with Crippen molar-refractivity contribution in [3.05, 3.63) is 64.3 Å². The number of benzene rings is 2. The number of halogens is 4.